The van der Waals surface area contributed by atoms with Gasteiger partial charge in [-0.1, -0.05) is 30.4 Å². The van der Waals surface area contributed by atoms with Crippen LogP contribution in [0.1, 0.15) is 33.3 Å². The van der Waals surface area contributed by atoms with Gasteiger partial charge in [-0.05, 0) is 39.3 Å². The van der Waals surface area contributed by atoms with Gasteiger partial charge in [0.1, 0.15) is 11.6 Å². The van der Waals surface area contributed by atoms with Gasteiger partial charge in [-0.25, -0.2) is 9.59 Å². The van der Waals surface area contributed by atoms with Crippen LogP contribution in [0, 0.1) is 5.92 Å². The summed E-state index contributed by atoms with van der Waals surface area (Å²) in [7, 11) is 0. The summed E-state index contributed by atoms with van der Waals surface area (Å²) < 4.78 is 10.2. The van der Waals surface area contributed by atoms with Gasteiger partial charge in [0.25, 0.3) is 0 Å². The first-order chi connectivity index (χ1) is 12.2. The van der Waals surface area contributed by atoms with Crippen molar-refractivity contribution in [2.45, 2.75) is 39.3 Å². The summed E-state index contributed by atoms with van der Waals surface area (Å²) >= 11 is 0. The predicted molar refractivity (Wildman–Crippen MR) is 97.4 cm³/mol. The molecule has 2 atom stereocenters. The molecular weight excluding hydrogens is 336 g/mol. The Balaban J connectivity index is 2.26. The van der Waals surface area contributed by atoms with Crippen molar-refractivity contribution in [2.75, 3.05) is 11.9 Å². The first-order valence-corrected chi connectivity index (χ1v) is 8.45. The zero-order valence-electron chi connectivity index (χ0n) is 15.4. The fourth-order valence-corrected chi connectivity index (χ4v) is 2.49. The number of esters is 1. The van der Waals surface area contributed by atoms with E-state index in [0.717, 1.165) is 5.56 Å². The molecule has 2 rings (SSSR count). The van der Waals surface area contributed by atoms with Crippen molar-refractivity contribution >= 4 is 29.7 Å². The standard InChI is InChI=1S/C19H24N2O5/c1-5-25-17(23)15(21-18(24)26-19(2,3)4)13-11-10-12-8-6-7-9-14(12)20-16(13)22/h6-11,13,15H,5H2,1-4H3,(H,20,22)(H,21,24). The first-order valence-electron chi connectivity index (χ1n) is 8.45. The lowest BCUT2D eigenvalue weighted by Gasteiger charge is -2.25. The Morgan fingerprint density at radius 2 is 1.96 bits per heavy atom. The van der Waals surface area contributed by atoms with E-state index < -0.39 is 35.5 Å². The van der Waals surface area contributed by atoms with E-state index in [0.29, 0.717) is 5.69 Å². The minimum atomic E-state index is -1.20. The van der Waals surface area contributed by atoms with Crippen molar-refractivity contribution < 1.29 is 23.9 Å². The largest absolute Gasteiger partial charge is 0.464 e. The highest BCUT2D eigenvalue weighted by atomic mass is 16.6. The fourth-order valence-electron chi connectivity index (χ4n) is 2.49. The van der Waals surface area contributed by atoms with Crippen LogP contribution in [0.2, 0.25) is 0 Å². The quantitative estimate of drug-likeness (QED) is 0.805. The molecule has 1 aliphatic heterocycles. The number of carbonyl (C=O) groups is 3. The Hall–Kier alpha value is -2.83. The van der Waals surface area contributed by atoms with E-state index in [1.54, 1.807) is 52.0 Å². The Morgan fingerprint density at radius 1 is 1.27 bits per heavy atom. The lowest BCUT2D eigenvalue weighted by molar-refractivity contribution is -0.148. The van der Waals surface area contributed by atoms with Crippen molar-refractivity contribution in [1.82, 2.24) is 5.32 Å². The third-order valence-corrected chi connectivity index (χ3v) is 3.58. The molecule has 0 saturated heterocycles. The molecule has 0 aliphatic carbocycles. The number of benzene rings is 1. The fraction of sp³-hybridized carbons (Fsp3) is 0.421. The maximum atomic E-state index is 12.6. The molecule has 0 radical (unpaired) electrons. The molecule has 26 heavy (non-hydrogen) atoms. The number of ether oxygens (including phenoxy) is 2. The highest BCUT2D eigenvalue weighted by molar-refractivity contribution is 6.01. The lowest BCUT2D eigenvalue weighted by Crippen LogP contribution is -2.51. The van der Waals surface area contributed by atoms with Crippen LogP contribution in [0.3, 0.4) is 0 Å². The van der Waals surface area contributed by atoms with Crippen LogP contribution in [0.4, 0.5) is 10.5 Å². The molecule has 2 N–H and O–H groups in total. The monoisotopic (exact) mass is 360 g/mol. The van der Waals surface area contributed by atoms with Crippen molar-refractivity contribution in [1.29, 1.82) is 0 Å². The van der Waals surface area contributed by atoms with E-state index in [2.05, 4.69) is 10.6 Å². The molecule has 1 aromatic carbocycles. The molecule has 0 saturated carbocycles. The number of hydrogen-bond donors (Lipinski definition) is 2. The number of hydrogen-bond acceptors (Lipinski definition) is 5. The SMILES string of the molecule is CCOC(=O)C(NC(=O)OC(C)(C)C)C1C=Cc2ccccc2NC1=O. The van der Waals surface area contributed by atoms with Crippen LogP contribution in [-0.4, -0.2) is 36.2 Å². The second kappa shape index (κ2) is 8.03. The molecule has 1 aliphatic rings. The number of amides is 2. The minimum absolute atomic E-state index is 0.129. The summed E-state index contributed by atoms with van der Waals surface area (Å²) in [5.74, 6) is -2.05. The van der Waals surface area contributed by atoms with Crippen molar-refractivity contribution in [3.8, 4) is 0 Å². The molecule has 0 spiro atoms. The zero-order valence-corrected chi connectivity index (χ0v) is 15.4. The van der Waals surface area contributed by atoms with Crippen molar-refractivity contribution in [3.63, 3.8) is 0 Å². The third-order valence-electron chi connectivity index (χ3n) is 3.58. The van der Waals surface area contributed by atoms with Crippen LogP contribution < -0.4 is 10.6 Å². The number of alkyl carbamates (subject to hydrolysis) is 1. The lowest BCUT2D eigenvalue weighted by atomic mass is 9.98. The van der Waals surface area contributed by atoms with Gasteiger partial charge in [-0.15, -0.1) is 0 Å². The van der Waals surface area contributed by atoms with Gasteiger partial charge >= 0.3 is 12.1 Å². The molecule has 0 aromatic heterocycles. The Morgan fingerprint density at radius 3 is 2.62 bits per heavy atom. The van der Waals surface area contributed by atoms with Crippen LogP contribution >= 0.6 is 0 Å². The molecule has 0 bridgehead atoms. The van der Waals surface area contributed by atoms with Gasteiger partial charge < -0.3 is 20.1 Å². The number of anilines is 1. The van der Waals surface area contributed by atoms with E-state index in [4.69, 9.17) is 9.47 Å². The molecule has 140 valence electrons. The topological polar surface area (TPSA) is 93.7 Å². The molecular formula is C19H24N2O5. The molecule has 0 fully saturated rings. The van der Waals surface area contributed by atoms with E-state index in [1.807, 2.05) is 12.1 Å². The molecule has 7 heteroatoms. The van der Waals surface area contributed by atoms with Crippen LogP contribution in [-0.2, 0) is 19.1 Å². The Labute approximate surface area is 152 Å². The van der Waals surface area contributed by atoms with Gasteiger partial charge in [-0.2, -0.15) is 0 Å². The average Bonchev–Trinajstić information content (AvgIpc) is 2.69. The summed E-state index contributed by atoms with van der Waals surface area (Å²) in [5.41, 5.74) is 0.709. The normalized spacial score (nSPS) is 17.4. The molecule has 1 aromatic rings. The van der Waals surface area contributed by atoms with E-state index in [1.165, 1.54) is 0 Å². The number of fused-ring (bicyclic) bond motifs is 1. The molecule has 2 amide bonds. The zero-order chi connectivity index (χ0) is 19.3. The highest BCUT2D eigenvalue weighted by Gasteiger charge is 2.36. The van der Waals surface area contributed by atoms with E-state index >= 15 is 0 Å². The second-order valence-corrected chi connectivity index (χ2v) is 6.84. The van der Waals surface area contributed by atoms with Gasteiger partial charge in [0, 0.05) is 5.69 Å². The molecule has 7 nitrogen and oxygen atoms in total. The van der Waals surface area contributed by atoms with Gasteiger partial charge in [0.05, 0.1) is 12.5 Å². The summed E-state index contributed by atoms with van der Waals surface area (Å²) in [6, 6.07) is 6.05. The van der Waals surface area contributed by atoms with Crippen molar-refractivity contribution in [3.05, 3.63) is 35.9 Å². The number of nitrogens with one attached hydrogen (secondary N) is 2. The third kappa shape index (κ3) is 5.08. The van der Waals surface area contributed by atoms with E-state index in [9.17, 15) is 14.4 Å². The van der Waals surface area contributed by atoms with Gasteiger partial charge in [0.15, 0.2) is 0 Å². The van der Waals surface area contributed by atoms with Crippen LogP contribution in [0.15, 0.2) is 30.3 Å². The highest BCUT2D eigenvalue weighted by Crippen LogP contribution is 2.24. The molecule has 1 heterocycles. The minimum Gasteiger partial charge on any atom is -0.464 e. The average molecular weight is 360 g/mol. The molecule has 2 unspecified atom stereocenters. The number of carbonyl (C=O) groups excluding carboxylic acids is 3. The van der Waals surface area contributed by atoms with Crippen molar-refractivity contribution in [2.24, 2.45) is 5.92 Å². The Bertz CT molecular complexity index is 721. The maximum Gasteiger partial charge on any atom is 0.408 e. The van der Waals surface area contributed by atoms with E-state index in [-0.39, 0.29) is 6.61 Å². The summed E-state index contributed by atoms with van der Waals surface area (Å²) in [4.78, 5) is 37.1. The first kappa shape index (κ1) is 19.5. The number of para-hydroxylation sites is 1. The Kier molecular flexibility index (Phi) is 6.02. The maximum absolute atomic E-state index is 12.6. The summed E-state index contributed by atoms with van der Waals surface area (Å²) in [6.45, 7) is 6.91. The summed E-state index contributed by atoms with van der Waals surface area (Å²) in [6.07, 6.45) is 2.53. The summed E-state index contributed by atoms with van der Waals surface area (Å²) in [5, 5.41) is 5.24. The predicted octanol–water partition coefficient (Wildman–Crippen LogP) is 2.72. The van der Waals surface area contributed by atoms with Crippen LogP contribution in [0.5, 0.6) is 0 Å². The van der Waals surface area contributed by atoms with Crippen LogP contribution in [0.25, 0.3) is 6.08 Å². The van der Waals surface area contributed by atoms with Gasteiger partial charge in [-0.3, -0.25) is 4.79 Å². The van der Waals surface area contributed by atoms with Gasteiger partial charge in [0.2, 0.25) is 5.91 Å². The smallest absolute Gasteiger partial charge is 0.408 e. The number of rotatable bonds is 4. The second-order valence-electron chi connectivity index (χ2n) is 6.84.